The molecule has 3 nitrogen and oxygen atoms in total. The van der Waals surface area contributed by atoms with E-state index in [1.807, 2.05) is 6.08 Å². The summed E-state index contributed by atoms with van der Waals surface area (Å²) in [5, 5.41) is 20.5. The van der Waals surface area contributed by atoms with Gasteiger partial charge in [-0.05, 0) is 82.4 Å². The van der Waals surface area contributed by atoms with Crippen molar-refractivity contribution in [2.75, 3.05) is 0 Å². The molecule has 3 aliphatic rings. The van der Waals surface area contributed by atoms with Crippen LogP contribution >= 0.6 is 0 Å². The molecule has 234 valence electrons. The van der Waals surface area contributed by atoms with Crippen molar-refractivity contribution in [1.29, 1.82) is 0 Å². The second-order valence-corrected chi connectivity index (χ2v) is 14.5. The first-order chi connectivity index (χ1) is 20.0. The lowest BCUT2D eigenvalue weighted by Crippen LogP contribution is -2.45. The van der Waals surface area contributed by atoms with Crippen LogP contribution in [0.25, 0.3) is 0 Å². The van der Waals surface area contributed by atoms with Crippen LogP contribution in [0.1, 0.15) is 88.5 Å². The summed E-state index contributed by atoms with van der Waals surface area (Å²) in [7, 11) is 0. The molecule has 3 heteroatoms. The molecule has 2 aliphatic carbocycles. The Morgan fingerprint density at radius 1 is 0.744 bits per heavy atom. The monoisotopic (exact) mass is 584 g/mol. The summed E-state index contributed by atoms with van der Waals surface area (Å²) in [6.07, 6.45) is 31.3. The molecule has 1 fully saturated rings. The van der Waals surface area contributed by atoms with E-state index >= 15 is 0 Å². The van der Waals surface area contributed by atoms with Crippen LogP contribution in [0.15, 0.2) is 119 Å². The fourth-order valence-electron chi connectivity index (χ4n) is 7.04. The molecule has 1 heterocycles. The molecule has 1 aliphatic heterocycles. The number of aliphatic hydroxyl groups is 2. The first-order valence-corrected chi connectivity index (χ1v) is 15.9. The van der Waals surface area contributed by atoms with Gasteiger partial charge in [-0.25, -0.2) is 0 Å². The normalized spacial score (nSPS) is 32.3. The van der Waals surface area contributed by atoms with E-state index < -0.39 is 0 Å². The zero-order valence-electron chi connectivity index (χ0n) is 28.3. The summed E-state index contributed by atoms with van der Waals surface area (Å²) in [6, 6.07) is 0. The fourth-order valence-corrected chi connectivity index (χ4v) is 7.04. The predicted octanol–water partition coefficient (Wildman–Crippen LogP) is 9.61. The molecule has 5 unspecified atom stereocenters. The third-order valence-electron chi connectivity index (χ3n) is 9.16. The lowest BCUT2D eigenvalue weighted by atomic mass is 9.65. The number of ether oxygens (including phenoxy) is 1. The van der Waals surface area contributed by atoms with Gasteiger partial charge in [-0.15, -0.1) is 0 Å². The lowest BCUT2D eigenvalue weighted by Gasteiger charge is -2.44. The van der Waals surface area contributed by atoms with Gasteiger partial charge in [-0.2, -0.15) is 0 Å². The fraction of sp³-hybridized carbons (Fsp3) is 0.500. The van der Waals surface area contributed by atoms with Crippen LogP contribution < -0.4 is 0 Å². The minimum Gasteiger partial charge on any atom is -0.393 e. The Morgan fingerprint density at radius 2 is 1.30 bits per heavy atom. The number of hydrogen-bond donors (Lipinski definition) is 2. The zero-order chi connectivity index (χ0) is 32.0. The van der Waals surface area contributed by atoms with Crippen molar-refractivity contribution in [2.24, 2.45) is 16.7 Å². The molecule has 0 amide bonds. The number of fused-ring (bicyclic) bond motifs is 1. The quantitative estimate of drug-likeness (QED) is 0.210. The highest BCUT2D eigenvalue weighted by atomic mass is 16.5. The van der Waals surface area contributed by atoms with Crippen molar-refractivity contribution >= 4 is 0 Å². The number of aliphatic hydroxyl groups excluding tert-OH is 2. The Balaban J connectivity index is 1.52. The summed E-state index contributed by atoms with van der Waals surface area (Å²) >= 11 is 0. The minimum atomic E-state index is -0.382. The summed E-state index contributed by atoms with van der Waals surface area (Å²) in [4.78, 5) is 0. The number of allylic oxidation sites excluding steroid dienone is 16. The molecule has 1 saturated carbocycles. The summed E-state index contributed by atoms with van der Waals surface area (Å²) in [6.45, 7) is 21.6. The SMILES string of the molecule is CC1=CC(O)CC(C)(C)C1/C=C/C(C)=C/C=C/C(C)=C/C=C/C=C(C)/C=C/C=C(\C)C1C=C2C(C)(C)CC(O)CC2(C)O1. The van der Waals surface area contributed by atoms with Gasteiger partial charge in [-0.3, -0.25) is 0 Å². The average Bonchev–Trinajstić information content (AvgIpc) is 3.23. The topological polar surface area (TPSA) is 49.7 Å². The highest BCUT2D eigenvalue weighted by molar-refractivity contribution is 5.37. The zero-order valence-corrected chi connectivity index (χ0v) is 28.3. The van der Waals surface area contributed by atoms with Crippen LogP contribution in [-0.4, -0.2) is 34.1 Å². The van der Waals surface area contributed by atoms with Gasteiger partial charge in [0.2, 0.25) is 0 Å². The van der Waals surface area contributed by atoms with Crippen molar-refractivity contribution in [3.05, 3.63) is 119 Å². The molecular formula is C40H56O3. The number of hydrogen-bond acceptors (Lipinski definition) is 3. The molecule has 43 heavy (non-hydrogen) atoms. The van der Waals surface area contributed by atoms with Crippen molar-refractivity contribution in [2.45, 2.75) is 112 Å². The predicted molar refractivity (Wildman–Crippen MR) is 184 cm³/mol. The van der Waals surface area contributed by atoms with E-state index in [9.17, 15) is 10.2 Å². The van der Waals surface area contributed by atoms with E-state index in [0.717, 1.165) is 12.8 Å². The van der Waals surface area contributed by atoms with Gasteiger partial charge in [-0.1, -0.05) is 129 Å². The second-order valence-electron chi connectivity index (χ2n) is 14.5. The van der Waals surface area contributed by atoms with Gasteiger partial charge in [0.1, 0.15) is 0 Å². The van der Waals surface area contributed by atoms with Crippen molar-refractivity contribution in [3.8, 4) is 0 Å². The molecular weight excluding hydrogens is 528 g/mol. The van der Waals surface area contributed by atoms with E-state index in [2.05, 4.69) is 148 Å². The van der Waals surface area contributed by atoms with Gasteiger partial charge in [0.25, 0.3) is 0 Å². The van der Waals surface area contributed by atoms with E-state index in [0.29, 0.717) is 12.3 Å². The maximum Gasteiger partial charge on any atom is 0.0982 e. The molecule has 0 aromatic carbocycles. The highest BCUT2D eigenvalue weighted by Gasteiger charge is 2.50. The minimum absolute atomic E-state index is 0.0467. The Morgan fingerprint density at radius 3 is 1.91 bits per heavy atom. The van der Waals surface area contributed by atoms with E-state index in [4.69, 9.17) is 4.74 Å². The van der Waals surface area contributed by atoms with E-state index in [1.165, 1.54) is 33.4 Å². The van der Waals surface area contributed by atoms with Crippen LogP contribution in [0.5, 0.6) is 0 Å². The summed E-state index contributed by atoms with van der Waals surface area (Å²) < 4.78 is 6.46. The Bertz CT molecular complexity index is 1320. The molecule has 2 N–H and O–H groups in total. The van der Waals surface area contributed by atoms with Gasteiger partial charge < -0.3 is 14.9 Å². The van der Waals surface area contributed by atoms with Crippen LogP contribution in [-0.2, 0) is 4.74 Å². The Kier molecular flexibility index (Phi) is 11.6. The standard InChI is InChI=1S/C40H56O3/c1-28(17-13-18-30(3)21-22-35-32(5)23-33(41)25-38(35,6)7)15-11-12-16-29(2)19-14-20-31(4)36-24-37-39(8,9)26-34(42)27-40(37,10)43-36/h11-24,33-36,41-42H,25-27H2,1-10H3/b12-11+,17-13+,19-14+,22-21+,28-15+,29-16+,30-18+,31-20+. The first kappa shape index (κ1) is 34.8. The van der Waals surface area contributed by atoms with Gasteiger partial charge >= 0.3 is 0 Å². The molecule has 0 aromatic rings. The van der Waals surface area contributed by atoms with Crippen LogP contribution in [0, 0.1) is 16.7 Å². The molecule has 0 aromatic heterocycles. The lowest BCUT2D eigenvalue weighted by molar-refractivity contribution is -0.0683. The molecule has 0 bridgehead atoms. The van der Waals surface area contributed by atoms with E-state index in [-0.39, 0.29) is 34.7 Å². The van der Waals surface area contributed by atoms with Crippen LogP contribution in [0.3, 0.4) is 0 Å². The smallest absolute Gasteiger partial charge is 0.0982 e. The second kappa shape index (κ2) is 14.4. The van der Waals surface area contributed by atoms with Crippen molar-refractivity contribution in [3.63, 3.8) is 0 Å². The van der Waals surface area contributed by atoms with Crippen LogP contribution in [0.4, 0.5) is 0 Å². The first-order valence-electron chi connectivity index (χ1n) is 15.9. The summed E-state index contributed by atoms with van der Waals surface area (Å²) in [5.74, 6) is 0.344. The third-order valence-corrected chi connectivity index (χ3v) is 9.16. The largest absolute Gasteiger partial charge is 0.393 e. The van der Waals surface area contributed by atoms with Gasteiger partial charge in [0.05, 0.1) is 23.9 Å². The Labute approximate surface area is 262 Å². The third kappa shape index (κ3) is 9.63. The molecule has 3 rings (SSSR count). The maximum atomic E-state index is 10.4. The van der Waals surface area contributed by atoms with Gasteiger partial charge in [0.15, 0.2) is 0 Å². The summed E-state index contributed by atoms with van der Waals surface area (Å²) in [5.41, 5.74) is 6.92. The number of rotatable bonds is 9. The van der Waals surface area contributed by atoms with Crippen molar-refractivity contribution < 1.29 is 14.9 Å². The van der Waals surface area contributed by atoms with E-state index in [1.54, 1.807) is 0 Å². The van der Waals surface area contributed by atoms with Crippen LogP contribution in [0.2, 0.25) is 0 Å². The molecule has 5 atom stereocenters. The maximum absolute atomic E-state index is 10.4. The molecule has 0 radical (unpaired) electrons. The molecule has 0 saturated heterocycles. The highest BCUT2D eigenvalue weighted by Crippen LogP contribution is 2.52. The Hall–Kier alpha value is -2.72. The van der Waals surface area contributed by atoms with Gasteiger partial charge in [0, 0.05) is 12.3 Å². The molecule has 0 spiro atoms. The average molecular weight is 585 g/mol. The van der Waals surface area contributed by atoms with Crippen molar-refractivity contribution in [1.82, 2.24) is 0 Å².